The van der Waals surface area contributed by atoms with Crippen LogP contribution >= 0.6 is 0 Å². The Kier molecular flexibility index (Phi) is 4.85. The first-order valence-corrected chi connectivity index (χ1v) is 8.60. The second-order valence-corrected chi connectivity index (χ2v) is 6.93. The van der Waals surface area contributed by atoms with Crippen LogP contribution < -0.4 is 4.74 Å². The number of carbonyl (C=O) groups is 1. The SMILES string of the molecule is COc1ccnc(CN2CC(C(=O)O)CCC23CCCCC3)c1. The molecule has 1 aromatic rings. The molecule has 23 heavy (non-hydrogen) atoms. The van der Waals surface area contributed by atoms with E-state index >= 15 is 0 Å². The van der Waals surface area contributed by atoms with Gasteiger partial charge in [0.15, 0.2) is 0 Å². The standard InChI is InChI=1S/C18H26N2O3/c1-23-16-6-10-19-15(11-16)13-20-12-14(17(21)22)5-9-18(20)7-3-2-4-8-18/h6,10-11,14H,2-5,7-9,12-13H2,1H3,(H,21,22). The van der Waals surface area contributed by atoms with E-state index in [1.54, 1.807) is 13.3 Å². The average Bonchev–Trinajstić information content (AvgIpc) is 2.58. The predicted molar refractivity (Wildman–Crippen MR) is 87.4 cm³/mol. The first-order chi connectivity index (χ1) is 11.1. The quantitative estimate of drug-likeness (QED) is 0.924. The molecule has 1 aromatic heterocycles. The zero-order chi connectivity index (χ0) is 16.3. The molecule has 1 spiro atoms. The molecule has 1 aliphatic heterocycles. The number of carboxylic acids is 1. The Bertz CT molecular complexity index is 555. The summed E-state index contributed by atoms with van der Waals surface area (Å²) in [6.45, 7) is 1.34. The topological polar surface area (TPSA) is 62.7 Å². The van der Waals surface area contributed by atoms with Crippen molar-refractivity contribution in [3.05, 3.63) is 24.0 Å². The number of rotatable bonds is 4. The molecule has 1 unspecified atom stereocenters. The van der Waals surface area contributed by atoms with Crippen LogP contribution in [-0.4, -0.2) is 40.2 Å². The smallest absolute Gasteiger partial charge is 0.307 e. The lowest BCUT2D eigenvalue weighted by atomic mass is 9.72. The third kappa shape index (κ3) is 3.50. The number of nitrogens with zero attached hydrogens (tertiary/aromatic N) is 2. The molecule has 1 aliphatic carbocycles. The minimum Gasteiger partial charge on any atom is -0.497 e. The second kappa shape index (κ2) is 6.87. The second-order valence-electron chi connectivity index (χ2n) is 6.93. The van der Waals surface area contributed by atoms with Crippen molar-refractivity contribution in [2.75, 3.05) is 13.7 Å². The van der Waals surface area contributed by atoms with Crippen molar-refractivity contribution < 1.29 is 14.6 Å². The number of aliphatic carboxylic acids is 1. The highest BCUT2D eigenvalue weighted by Crippen LogP contribution is 2.42. The highest BCUT2D eigenvalue weighted by molar-refractivity contribution is 5.70. The first kappa shape index (κ1) is 16.2. The van der Waals surface area contributed by atoms with Crippen molar-refractivity contribution in [3.8, 4) is 5.75 Å². The number of pyridine rings is 1. The maximum Gasteiger partial charge on any atom is 0.307 e. The van der Waals surface area contributed by atoms with E-state index in [0.717, 1.165) is 24.3 Å². The van der Waals surface area contributed by atoms with E-state index in [4.69, 9.17) is 4.74 Å². The lowest BCUT2D eigenvalue weighted by Gasteiger charge is -2.51. The Morgan fingerprint density at radius 2 is 2.17 bits per heavy atom. The summed E-state index contributed by atoms with van der Waals surface area (Å²) < 4.78 is 5.29. The van der Waals surface area contributed by atoms with E-state index in [9.17, 15) is 9.90 Å². The number of aromatic nitrogens is 1. The van der Waals surface area contributed by atoms with E-state index in [2.05, 4.69) is 9.88 Å². The van der Waals surface area contributed by atoms with Crippen molar-refractivity contribution >= 4 is 5.97 Å². The zero-order valence-electron chi connectivity index (χ0n) is 13.8. The van der Waals surface area contributed by atoms with Crippen molar-refractivity contribution in [1.29, 1.82) is 0 Å². The van der Waals surface area contributed by atoms with E-state index in [0.29, 0.717) is 13.1 Å². The van der Waals surface area contributed by atoms with Gasteiger partial charge in [0.1, 0.15) is 5.75 Å². The molecular weight excluding hydrogens is 292 g/mol. The van der Waals surface area contributed by atoms with E-state index in [-0.39, 0.29) is 11.5 Å². The van der Waals surface area contributed by atoms with Crippen LogP contribution in [0, 0.1) is 5.92 Å². The van der Waals surface area contributed by atoms with Crippen molar-refractivity contribution in [2.24, 2.45) is 5.92 Å². The van der Waals surface area contributed by atoms with Crippen LogP contribution in [0.2, 0.25) is 0 Å². The summed E-state index contributed by atoms with van der Waals surface area (Å²) in [5.74, 6) is -0.119. The van der Waals surface area contributed by atoms with E-state index < -0.39 is 5.97 Å². The molecule has 0 amide bonds. The molecule has 2 heterocycles. The van der Waals surface area contributed by atoms with Gasteiger partial charge in [-0.1, -0.05) is 19.3 Å². The molecule has 126 valence electrons. The number of carboxylic acid groups (broad SMARTS) is 1. The zero-order valence-corrected chi connectivity index (χ0v) is 13.8. The summed E-state index contributed by atoms with van der Waals surface area (Å²) >= 11 is 0. The van der Waals surface area contributed by atoms with Crippen molar-refractivity contribution in [1.82, 2.24) is 9.88 Å². The fourth-order valence-corrected chi connectivity index (χ4v) is 4.23. The summed E-state index contributed by atoms with van der Waals surface area (Å²) in [6, 6.07) is 3.80. The van der Waals surface area contributed by atoms with Gasteiger partial charge in [-0.3, -0.25) is 14.7 Å². The average molecular weight is 318 g/mol. The van der Waals surface area contributed by atoms with Gasteiger partial charge in [-0.2, -0.15) is 0 Å². The van der Waals surface area contributed by atoms with Gasteiger partial charge in [0.05, 0.1) is 18.7 Å². The Morgan fingerprint density at radius 3 is 2.87 bits per heavy atom. The molecule has 0 aromatic carbocycles. The summed E-state index contributed by atoms with van der Waals surface area (Å²) in [7, 11) is 1.66. The van der Waals surface area contributed by atoms with Gasteiger partial charge in [0.25, 0.3) is 0 Å². The summed E-state index contributed by atoms with van der Waals surface area (Å²) in [6.07, 6.45) is 9.73. The number of piperidine rings is 1. The van der Waals surface area contributed by atoms with Crippen LogP contribution in [0.3, 0.4) is 0 Å². The summed E-state index contributed by atoms with van der Waals surface area (Å²) in [4.78, 5) is 18.3. The molecule has 1 N–H and O–H groups in total. The van der Waals surface area contributed by atoms with Gasteiger partial charge in [0, 0.05) is 30.9 Å². The first-order valence-electron chi connectivity index (χ1n) is 8.60. The number of methoxy groups -OCH3 is 1. The molecule has 5 nitrogen and oxygen atoms in total. The van der Waals surface area contributed by atoms with Crippen molar-refractivity contribution in [3.63, 3.8) is 0 Å². The highest BCUT2D eigenvalue weighted by Gasteiger charge is 2.43. The fourth-order valence-electron chi connectivity index (χ4n) is 4.23. The largest absolute Gasteiger partial charge is 0.497 e. The monoisotopic (exact) mass is 318 g/mol. The normalized spacial score (nSPS) is 24.5. The Hall–Kier alpha value is -1.62. The van der Waals surface area contributed by atoms with Crippen LogP contribution in [0.1, 0.15) is 50.6 Å². The Morgan fingerprint density at radius 1 is 1.39 bits per heavy atom. The Labute approximate surface area is 137 Å². The molecule has 0 radical (unpaired) electrons. The summed E-state index contributed by atoms with van der Waals surface area (Å²) in [5.41, 5.74) is 1.13. The molecule has 3 rings (SSSR count). The molecule has 2 aliphatic rings. The van der Waals surface area contributed by atoms with Gasteiger partial charge in [-0.05, 0) is 31.7 Å². The number of ether oxygens (including phenoxy) is 1. The Balaban J connectivity index is 1.81. The molecule has 5 heteroatoms. The predicted octanol–water partition coefficient (Wildman–Crippen LogP) is 3.09. The van der Waals surface area contributed by atoms with Gasteiger partial charge in [-0.15, -0.1) is 0 Å². The van der Waals surface area contributed by atoms with Crippen LogP contribution in [0.25, 0.3) is 0 Å². The van der Waals surface area contributed by atoms with Crippen LogP contribution in [-0.2, 0) is 11.3 Å². The fraction of sp³-hybridized carbons (Fsp3) is 0.667. The van der Waals surface area contributed by atoms with E-state index in [1.807, 2.05) is 12.1 Å². The van der Waals surface area contributed by atoms with Gasteiger partial charge in [-0.25, -0.2) is 0 Å². The summed E-state index contributed by atoms with van der Waals surface area (Å²) in [5, 5.41) is 9.43. The van der Waals surface area contributed by atoms with Crippen LogP contribution in [0.15, 0.2) is 18.3 Å². The van der Waals surface area contributed by atoms with Crippen LogP contribution in [0.5, 0.6) is 5.75 Å². The molecule has 1 atom stereocenters. The number of likely N-dealkylation sites (tertiary alicyclic amines) is 1. The number of hydrogen-bond donors (Lipinski definition) is 1. The van der Waals surface area contributed by atoms with E-state index in [1.165, 1.54) is 32.1 Å². The van der Waals surface area contributed by atoms with Crippen LogP contribution in [0.4, 0.5) is 0 Å². The molecular formula is C18H26N2O3. The lowest BCUT2D eigenvalue weighted by molar-refractivity contribution is -0.146. The lowest BCUT2D eigenvalue weighted by Crippen LogP contribution is -2.55. The van der Waals surface area contributed by atoms with Crippen molar-refractivity contribution in [2.45, 2.75) is 57.0 Å². The maximum atomic E-state index is 11.5. The molecule has 2 fully saturated rings. The number of hydrogen-bond acceptors (Lipinski definition) is 4. The van der Waals surface area contributed by atoms with Gasteiger partial charge >= 0.3 is 5.97 Å². The highest BCUT2D eigenvalue weighted by atomic mass is 16.5. The molecule has 1 saturated carbocycles. The van der Waals surface area contributed by atoms with Gasteiger partial charge < -0.3 is 9.84 Å². The molecule has 0 bridgehead atoms. The minimum absolute atomic E-state index is 0.176. The molecule has 1 saturated heterocycles. The minimum atomic E-state index is -0.667. The maximum absolute atomic E-state index is 11.5. The third-order valence-electron chi connectivity index (χ3n) is 5.58. The third-order valence-corrected chi connectivity index (χ3v) is 5.58. The van der Waals surface area contributed by atoms with Gasteiger partial charge in [0.2, 0.25) is 0 Å².